The number of hydrogen-bond acceptors (Lipinski definition) is 2. The van der Waals surface area contributed by atoms with Crippen LogP contribution in [0.3, 0.4) is 0 Å². The molecule has 0 spiro atoms. The minimum atomic E-state index is -0.759. The van der Waals surface area contributed by atoms with E-state index in [2.05, 4.69) is 10.5 Å². The molecule has 0 aliphatic rings. The zero-order valence-corrected chi connectivity index (χ0v) is 10.9. The summed E-state index contributed by atoms with van der Waals surface area (Å²) >= 11 is 5.74. The van der Waals surface area contributed by atoms with Crippen LogP contribution in [0.25, 0.3) is 0 Å². The standard InChI is InChI=1S/C14H9ClF2N2O/c15-10-4-1-3-9(7-10)14(20)19-18-8-11-12(16)5-2-6-13(11)17/h1-8H,(H,19,20)/b18-8+. The first-order chi connectivity index (χ1) is 9.58. The lowest BCUT2D eigenvalue weighted by molar-refractivity contribution is 0.0955. The molecule has 3 nitrogen and oxygen atoms in total. The monoisotopic (exact) mass is 294 g/mol. The Morgan fingerprint density at radius 2 is 1.80 bits per heavy atom. The molecule has 0 saturated heterocycles. The summed E-state index contributed by atoms with van der Waals surface area (Å²) in [6, 6.07) is 9.67. The molecule has 2 aromatic rings. The molecule has 0 aliphatic carbocycles. The zero-order chi connectivity index (χ0) is 14.5. The van der Waals surface area contributed by atoms with E-state index >= 15 is 0 Å². The summed E-state index contributed by atoms with van der Waals surface area (Å²) in [6.07, 6.45) is 0.910. The van der Waals surface area contributed by atoms with Crippen LogP contribution in [0, 0.1) is 11.6 Å². The molecule has 6 heteroatoms. The number of hydrazone groups is 1. The third-order valence-electron chi connectivity index (χ3n) is 2.45. The smallest absolute Gasteiger partial charge is 0.267 e. The maximum absolute atomic E-state index is 13.3. The number of carbonyl (C=O) groups excluding carboxylic acids is 1. The number of rotatable bonds is 3. The highest BCUT2D eigenvalue weighted by Gasteiger charge is 2.07. The Morgan fingerprint density at radius 3 is 2.45 bits per heavy atom. The molecule has 0 heterocycles. The number of halogens is 3. The highest BCUT2D eigenvalue weighted by atomic mass is 35.5. The molecule has 0 atom stereocenters. The van der Waals surface area contributed by atoms with Gasteiger partial charge in [-0.05, 0) is 30.3 Å². The van der Waals surface area contributed by atoms with Crippen LogP contribution in [0.4, 0.5) is 8.78 Å². The molecule has 1 amide bonds. The van der Waals surface area contributed by atoms with Gasteiger partial charge in [0.25, 0.3) is 5.91 Å². The second-order valence-corrected chi connectivity index (χ2v) is 4.28. The molecule has 0 aliphatic heterocycles. The molecule has 0 unspecified atom stereocenters. The average Bonchev–Trinajstić information content (AvgIpc) is 2.42. The summed E-state index contributed by atoms with van der Waals surface area (Å²) in [6.45, 7) is 0. The first-order valence-corrected chi connectivity index (χ1v) is 5.98. The van der Waals surface area contributed by atoms with Crippen LogP contribution in [-0.4, -0.2) is 12.1 Å². The number of nitrogens with one attached hydrogen (secondary N) is 1. The normalized spacial score (nSPS) is 10.8. The molecular formula is C14H9ClF2N2O. The fourth-order valence-corrected chi connectivity index (χ4v) is 1.67. The van der Waals surface area contributed by atoms with Crippen molar-refractivity contribution in [3.8, 4) is 0 Å². The van der Waals surface area contributed by atoms with Gasteiger partial charge in [-0.3, -0.25) is 4.79 Å². The second kappa shape index (κ2) is 6.25. The van der Waals surface area contributed by atoms with Gasteiger partial charge in [-0.1, -0.05) is 23.7 Å². The van der Waals surface area contributed by atoms with Gasteiger partial charge in [0.1, 0.15) is 11.6 Å². The van der Waals surface area contributed by atoms with Crippen LogP contribution in [-0.2, 0) is 0 Å². The van der Waals surface area contributed by atoms with Crippen LogP contribution in [0.15, 0.2) is 47.6 Å². The van der Waals surface area contributed by atoms with Crippen LogP contribution >= 0.6 is 11.6 Å². The number of amides is 1. The summed E-state index contributed by atoms with van der Waals surface area (Å²) in [7, 11) is 0. The van der Waals surface area contributed by atoms with E-state index in [1.54, 1.807) is 18.2 Å². The number of nitrogens with zero attached hydrogens (tertiary/aromatic N) is 1. The number of benzene rings is 2. The topological polar surface area (TPSA) is 41.5 Å². The van der Waals surface area contributed by atoms with Gasteiger partial charge in [-0.25, -0.2) is 14.2 Å². The lowest BCUT2D eigenvalue weighted by atomic mass is 10.2. The minimum Gasteiger partial charge on any atom is -0.267 e. The molecule has 0 bridgehead atoms. The van der Waals surface area contributed by atoms with Crippen LogP contribution in [0.1, 0.15) is 15.9 Å². The number of hydrogen-bond donors (Lipinski definition) is 1. The van der Waals surface area contributed by atoms with Crippen molar-refractivity contribution in [3.05, 3.63) is 70.2 Å². The Labute approximate surface area is 118 Å². The van der Waals surface area contributed by atoms with Gasteiger partial charge >= 0.3 is 0 Å². The third kappa shape index (κ3) is 3.39. The van der Waals surface area contributed by atoms with Crippen LogP contribution < -0.4 is 5.43 Å². The predicted molar refractivity (Wildman–Crippen MR) is 72.9 cm³/mol. The van der Waals surface area contributed by atoms with Crippen LogP contribution in [0.5, 0.6) is 0 Å². The Balaban J connectivity index is 2.09. The summed E-state index contributed by atoms with van der Waals surface area (Å²) in [5.74, 6) is -2.04. The maximum Gasteiger partial charge on any atom is 0.271 e. The van der Waals surface area contributed by atoms with Crippen molar-refractivity contribution in [2.75, 3.05) is 0 Å². The van der Waals surface area contributed by atoms with Crippen molar-refractivity contribution >= 4 is 23.7 Å². The third-order valence-corrected chi connectivity index (χ3v) is 2.68. The van der Waals surface area contributed by atoms with Crippen molar-refractivity contribution in [1.29, 1.82) is 0 Å². The second-order valence-electron chi connectivity index (χ2n) is 3.84. The largest absolute Gasteiger partial charge is 0.271 e. The highest BCUT2D eigenvalue weighted by molar-refractivity contribution is 6.30. The van der Waals surface area contributed by atoms with Gasteiger partial charge in [-0.15, -0.1) is 0 Å². The van der Waals surface area contributed by atoms with Crippen molar-refractivity contribution in [1.82, 2.24) is 5.43 Å². The molecule has 0 saturated carbocycles. The first kappa shape index (κ1) is 14.1. The van der Waals surface area contributed by atoms with E-state index in [1.807, 2.05) is 0 Å². The van der Waals surface area contributed by atoms with E-state index in [-0.39, 0.29) is 5.56 Å². The van der Waals surface area contributed by atoms with Crippen molar-refractivity contribution < 1.29 is 13.6 Å². The molecular weight excluding hydrogens is 286 g/mol. The van der Waals surface area contributed by atoms with Gasteiger partial charge in [-0.2, -0.15) is 5.10 Å². The van der Waals surface area contributed by atoms with Gasteiger partial charge in [0.15, 0.2) is 0 Å². The molecule has 1 N–H and O–H groups in total. The Bertz CT molecular complexity index is 654. The Morgan fingerprint density at radius 1 is 1.15 bits per heavy atom. The molecule has 2 rings (SSSR count). The lowest BCUT2D eigenvalue weighted by Crippen LogP contribution is -2.17. The molecule has 2 aromatic carbocycles. The zero-order valence-electron chi connectivity index (χ0n) is 10.1. The van der Waals surface area contributed by atoms with E-state index in [4.69, 9.17) is 11.6 Å². The van der Waals surface area contributed by atoms with Crippen molar-refractivity contribution in [2.24, 2.45) is 5.10 Å². The van der Waals surface area contributed by atoms with E-state index in [0.29, 0.717) is 10.6 Å². The van der Waals surface area contributed by atoms with Gasteiger partial charge < -0.3 is 0 Å². The predicted octanol–water partition coefficient (Wildman–Crippen LogP) is 3.38. The van der Waals surface area contributed by atoms with Gasteiger partial charge in [0.05, 0.1) is 11.8 Å². The van der Waals surface area contributed by atoms with E-state index < -0.39 is 17.5 Å². The maximum atomic E-state index is 13.3. The lowest BCUT2D eigenvalue weighted by Gasteiger charge is -2.01. The fourth-order valence-electron chi connectivity index (χ4n) is 1.48. The first-order valence-electron chi connectivity index (χ1n) is 5.61. The Hall–Kier alpha value is -2.27. The average molecular weight is 295 g/mol. The summed E-state index contributed by atoms with van der Waals surface area (Å²) in [5, 5.41) is 3.93. The Kier molecular flexibility index (Phi) is 4.42. The number of carbonyl (C=O) groups is 1. The summed E-state index contributed by atoms with van der Waals surface area (Å²) in [5.41, 5.74) is 2.14. The summed E-state index contributed by atoms with van der Waals surface area (Å²) < 4.78 is 26.6. The SMILES string of the molecule is O=C(N/N=C/c1c(F)cccc1F)c1cccc(Cl)c1. The van der Waals surface area contributed by atoms with E-state index in [1.165, 1.54) is 12.1 Å². The quantitative estimate of drug-likeness (QED) is 0.684. The molecule has 20 heavy (non-hydrogen) atoms. The summed E-state index contributed by atoms with van der Waals surface area (Å²) in [4.78, 5) is 11.7. The molecule has 0 fully saturated rings. The molecule has 102 valence electrons. The molecule has 0 aromatic heterocycles. The van der Waals surface area contributed by atoms with Crippen molar-refractivity contribution in [3.63, 3.8) is 0 Å². The fraction of sp³-hybridized carbons (Fsp3) is 0. The minimum absolute atomic E-state index is 0.295. The van der Waals surface area contributed by atoms with E-state index in [9.17, 15) is 13.6 Å². The van der Waals surface area contributed by atoms with Crippen LogP contribution in [0.2, 0.25) is 5.02 Å². The molecule has 0 radical (unpaired) electrons. The van der Waals surface area contributed by atoms with E-state index in [0.717, 1.165) is 18.3 Å². The highest BCUT2D eigenvalue weighted by Crippen LogP contribution is 2.11. The van der Waals surface area contributed by atoms with Gasteiger partial charge in [0, 0.05) is 10.6 Å². The van der Waals surface area contributed by atoms with Gasteiger partial charge in [0.2, 0.25) is 0 Å². The van der Waals surface area contributed by atoms with Crippen molar-refractivity contribution in [2.45, 2.75) is 0 Å².